The number of ether oxygens (including phenoxy) is 2. The maximum absolute atomic E-state index is 13.7. The molecule has 3 aromatic rings. The number of benzene rings is 2. The number of anilines is 1. The average Bonchev–Trinajstić information content (AvgIpc) is 3.60. The minimum Gasteiger partial charge on any atom is -0.443 e. The van der Waals surface area contributed by atoms with Gasteiger partial charge in [0.25, 0.3) is 10.0 Å². The quantitative estimate of drug-likeness (QED) is 0.274. The van der Waals surface area contributed by atoms with Crippen molar-refractivity contribution in [2.75, 3.05) is 11.9 Å². The topological polar surface area (TPSA) is 148 Å². The summed E-state index contributed by atoms with van der Waals surface area (Å²) >= 11 is 0. The van der Waals surface area contributed by atoms with E-state index in [1.54, 1.807) is 41.5 Å². The molecule has 0 saturated heterocycles. The monoisotopic (exact) mass is 676 g/mol. The molecule has 1 aromatic heterocycles. The first-order valence-corrected chi connectivity index (χ1v) is 15.9. The predicted octanol–water partition coefficient (Wildman–Crippen LogP) is 6.47. The highest BCUT2D eigenvalue weighted by atomic mass is 32.2. The zero-order valence-electron chi connectivity index (χ0n) is 26.9. The molecule has 1 saturated carbocycles. The van der Waals surface area contributed by atoms with E-state index < -0.39 is 50.7 Å². The van der Waals surface area contributed by atoms with E-state index in [1.807, 2.05) is 0 Å². The summed E-state index contributed by atoms with van der Waals surface area (Å²) in [5, 5.41) is 17.9. The first kappa shape index (κ1) is 35.2. The number of amides is 2. The number of carbonyl (C=O) groups excluding carboxylic acids is 2. The molecule has 47 heavy (non-hydrogen) atoms. The lowest BCUT2D eigenvalue weighted by Gasteiger charge is -2.29. The third-order valence-electron chi connectivity index (χ3n) is 6.94. The van der Waals surface area contributed by atoms with Crippen LogP contribution >= 0.6 is 0 Å². The van der Waals surface area contributed by atoms with Crippen molar-refractivity contribution < 1.29 is 40.7 Å². The Labute approximate surface area is 270 Å². The van der Waals surface area contributed by atoms with E-state index in [0.29, 0.717) is 22.7 Å². The molecule has 12 nitrogen and oxygen atoms in total. The van der Waals surface area contributed by atoms with Crippen LogP contribution in [0.5, 0.6) is 0 Å². The molecule has 0 N–H and O–H groups in total. The van der Waals surface area contributed by atoms with Gasteiger partial charge in [-0.15, -0.1) is 5.10 Å². The summed E-state index contributed by atoms with van der Waals surface area (Å²) in [5.41, 5.74) is -3.24. The molecule has 2 aromatic carbocycles. The molecule has 1 aliphatic rings. The maximum atomic E-state index is 13.7. The number of rotatable bonds is 7. The highest BCUT2D eigenvalue weighted by Gasteiger charge is 2.47. The van der Waals surface area contributed by atoms with Gasteiger partial charge in [-0.2, -0.15) is 18.4 Å². The van der Waals surface area contributed by atoms with Crippen molar-refractivity contribution in [2.45, 2.75) is 88.7 Å². The van der Waals surface area contributed by atoms with Crippen molar-refractivity contribution in [3.8, 4) is 17.3 Å². The van der Waals surface area contributed by atoms with E-state index >= 15 is 0 Å². The summed E-state index contributed by atoms with van der Waals surface area (Å²) in [7, 11) is -3.48. The molecule has 0 radical (unpaired) electrons. The zero-order chi connectivity index (χ0) is 35.2. The van der Waals surface area contributed by atoms with Crippen molar-refractivity contribution in [3.63, 3.8) is 0 Å². The lowest BCUT2D eigenvalue weighted by molar-refractivity contribution is -0.137. The number of halogens is 3. The molecule has 1 aliphatic carbocycles. The Morgan fingerprint density at radius 2 is 1.55 bits per heavy atom. The highest BCUT2D eigenvalue weighted by Crippen LogP contribution is 2.43. The van der Waals surface area contributed by atoms with Crippen LogP contribution in [0, 0.1) is 11.3 Å². The van der Waals surface area contributed by atoms with Gasteiger partial charge in [0.05, 0.1) is 35.0 Å². The first-order valence-electron chi connectivity index (χ1n) is 14.4. The van der Waals surface area contributed by atoms with Gasteiger partial charge in [0, 0.05) is 12.6 Å². The highest BCUT2D eigenvalue weighted by molar-refractivity contribution is 7.89. The number of carbonyl (C=O) groups is 2. The van der Waals surface area contributed by atoms with Crippen molar-refractivity contribution in [1.82, 2.24) is 19.3 Å². The number of nitriles is 1. The van der Waals surface area contributed by atoms with Crippen LogP contribution in [0.1, 0.15) is 65.5 Å². The molecule has 16 heteroatoms. The molecular weight excluding hydrogens is 641 g/mol. The average molecular weight is 677 g/mol. The molecule has 0 spiro atoms. The summed E-state index contributed by atoms with van der Waals surface area (Å²) in [5.74, 6) is 0. The van der Waals surface area contributed by atoms with E-state index in [0.717, 1.165) is 24.1 Å². The summed E-state index contributed by atoms with van der Waals surface area (Å²) in [6, 6.07) is 10.0. The van der Waals surface area contributed by atoms with Gasteiger partial charge in [-0.3, -0.25) is 4.90 Å². The van der Waals surface area contributed by atoms with Crippen LogP contribution in [0.25, 0.3) is 11.3 Å². The fourth-order valence-electron chi connectivity index (χ4n) is 4.35. The molecular formula is C31H35F3N6O6S. The van der Waals surface area contributed by atoms with Gasteiger partial charge in [0.1, 0.15) is 16.9 Å². The minimum atomic E-state index is -4.57. The number of hydrogen-bond acceptors (Lipinski definition) is 9. The minimum absolute atomic E-state index is 0.0569. The molecule has 1 heterocycles. The van der Waals surface area contributed by atoms with E-state index in [1.165, 1.54) is 41.2 Å². The molecule has 0 unspecified atom stereocenters. The van der Waals surface area contributed by atoms with Gasteiger partial charge < -0.3 is 9.47 Å². The SMILES string of the molecule is CN(C(=O)OC(C)(C)C)S(=O)(=O)c1ccc(N(Cc2ccc(C(F)(F)F)cc2)C(=O)OC(C)(C)C)c(-c2cn(C3(C#N)CC3)nn2)c1. The van der Waals surface area contributed by atoms with Crippen LogP contribution in [-0.2, 0) is 37.8 Å². The van der Waals surface area contributed by atoms with Crippen LogP contribution in [0.15, 0.2) is 53.6 Å². The normalized spacial score (nSPS) is 14.6. The van der Waals surface area contributed by atoms with Gasteiger partial charge in [-0.05, 0) is 90.3 Å². The van der Waals surface area contributed by atoms with E-state index in [4.69, 9.17) is 9.47 Å². The number of nitrogens with zero attached hydrogens (tertiary/aromatic N) is 6. The van der Waals surface area contributed by atoms with Crippen LogP contribution in [0.4, 0.5) is 28.4 Å². The number of aromatic nitrogens is 3. The maximum Gasteiger partial charge on any atom is 0.424 e. The van der Waals surface area contributed by atoms with Crippen LogP contribution in [0.2, 0.25) is 0 Å². The van der Waals surface area contributed by atoms with E-state index in [-0.39, 0.29) is 28.4 Å². The second-order valence-corrected chi connectivity index (χ2v) is 15.1. The Morgan fingerprint density at radius 3 is 2.06 bits per heavy atom. The lowest BCUT2D eigenvalue weighted by Crippen LogP contribution is -2.38. The fourth-order valence-corrected chi connectivity index (χ4v) is 5.41. The smallest absolute Gasteiger partial charge is 0.424 e. The summed E-state index contributed by atoms with van der Waals surface area (Å²) in [4.78, 5) is 27.1. The molecule has 2 amide bonds. The van der Waals surface area contributed by atoms with Crippen LogP contribution in [0.3, 0.4) is 0 Å². The zero-order valence-corrected chi connectivity index (χ0v) is 27.7. The Hall–Kier alpha value is -4.65. The summed E-state index contributed by atoms with van der Waals surface area (Å²) in [6.45, 7) is 9.36. The van der Waals surface area contributed by atoms with Crippen molar-refractivity contribution >= 4 is 27.9 Å². The third-order valence-corrected chi connectivity index (χ3v) is 8.66. The Bertz CT molecular complexity index is 1820. The van der Waals surface area contributed by atoms with Crippen molar-refractivity contribution in [3.05, 3.63) is 59.8 Å². The van der Waals surface area contributed by atoms with E-state index in [9.17, 15) is 36.4 Å². The van der Waals surface area contributed by atoms with E-state index in [2.05, 4.69) is 16.4 Å². The summed E-state index contributed by atoms with van der Waals surface area (Å²) in [6.07, 6.45) is -4.11. The standard InChI is InChI=1S/C31H35F3N6O6S/c1-28(2,3)45-26(41)38(7)47(43,44)22-12-13-25(23(16-22)24-18-40(37-36-24)30(19-35)14-15-30)39(27(42)46-29(4,5)6)17-20-8-10-21(11-9-20)31(32,33)34/h8-13,16,18H,14-15,17H2,1-7H3. The number of alkyl halides is 3. The van der Waals surface area contributed by atoms with Crippen molar-refractivity contribution in [2.24, 2.45) is 0 Å². The van der Waals surface area contributed by atoms with Crippen molar-refractivity contribution in [1.29, 1.82) is 5.26 Å². The Kier molecular flexibility index (Phi) is 9.12. The first-order chi connectivity index (χ1) is 21.6. The van der Waals surface area contributed by atoms with Gasteiger partial charge >= 0.3 is 18.4 Å². The second-order valence-electron chi connectivity index (χ2n) is 13.1. The lowest BCUT2D eigenvalue weighted by atomic mass is 10.1. The molecule has 1 fully saturated rings. The van der Waals surface area contributed by atoms with Gasteiger partial charge in [-0.25, -0.2) is 27.0 Å². The Morgan fingerprint density at radius 1 is 0.979 bits per heavy atom. The van der Waals surface area contributed by atoms with Gasteiger partial charge in [0.2, 0.25) is 0 Å². The molecule has 4 rings (SSSR count). The van der Waals surface area contributed by atoms with Gasteiger partial charge in [-0.1, -0.05) is 17.3 Å². The third kappa shape index (κ3) is 8.02. The largest absolute Gasteiger partial charge is 0.443 e. The fraction of sp³-hybridized carbons (Fsp3) is 0.452. The molecule has 0 bridgehead atoms. The Balaban J connectivity index is 1.87. The molecule has 252 valence electrons. The molecule has 0 aliphatic heterocycles. The summed E-state index contributed by atoms with van der Waals surface area (Å²) < 4.78 is 79.6. The number of hydrogen-bond donors (Lipinski definition) is 0. The van der Waals surface area contributed by atoms with Gasteiger partial charge in [0.15, 0.2) is 5.54 Å². The number of sulfonamides is 1. The van der Waals surface area contributed by atoms with Crippen LogP contribution < -0.4 is 4.90 Å². The molecule has 0 atom stereocenters. The predicted molar refractivity (Wildman–Crippen MR) is 163 cm³/mol. The van der Waals surface area contributed by atoms with Crippen LogP contribution in [-0.4, -0.2) is 58.2 Å². The second kappa shape index (κ2) is 12.2.